The van der Waals surface area contributed by atoms with Crippen LogP contribution < -0.4 is 10.9 Å². The van der Waals surface area contributed by atoms with E-state index >= 15 is 0 Å². The van der Waals surface area contributed by atoms with Gasteiger partial charge < -0.3 is 5.73 Å². The maximum Gasteiger partial charge on any atom is 0.419 e. The minimum absolute atomic E-state index is 0.0339. The Morgan fingerprint density at radius 2 is 1.87 bits per heavy atom. The third kappa shape index (κ3) is 4.30. The number of nitrogens with zero attached hydrogens (tertiary/aromatic N) is 3. The number of benzene rings is 1. The largest absolute Gasteiger partial charge is 0.419 e. The number of nitrogens with two attached hydrogens (primary N) is 2. The van der Waals surface area contributed by atoms with Crippen LogP contribution in [0.1, 0.15) is 22.6 Å². The standard InChI is InChI=1S/C17H13ClF3N5O3S/c18-12-4-2-1-3-11(12)14(15(22)27)9-5-13(30(23,28)29)16(24-6-9)26-8-10(7-25-26)17(19,20)21/h1-8,14H,(H2,22,27)(H2,23,28,29). The molecule has 0 aliphatic heterocycles. The van der Waals surface area contributed by atoms with Gasteiger partial charge in [-0.05, 0) is 23.3 Å². The molecule has 0 saturated carbocycles. The molecule has 0 bridgehead atoms. The van der Waals surface area contributed by atoms with Gasteiger partial charge in [0.25, 0.3) is 0 Å². The number of alkyl halides is 3. The van der Waals surface area contributed by atoms with E-state index in [1.54, 1.807) is 12.1 Å². The number of sulfonamides is 1. The number of pyridine rings is 1. The molecular formula is C17H13ClF3N5O3S. The second-order valence-electron chi connectivity index (χ2n) is 6.16. The summed E-state index contributed by atoms with van der Waals surface area (Å²) >= 11 is 6.12. The highest BCUT2D eigenvalue weighted by atomic mass is 35.5. The number of hydrogen-bond donors (Lipinski definition) is 2. The number of aromatic nitrogens is 3. The van der Waals surface area contributed by atoms with Gasteiger partial charge in [-0.3, -0.25) is 4.79 Å². The van der Waals surface area contributed by atoms with Crippen molar-refractivity contribution in [3.63, 3.8) is 0 Å². The fourth-order valence-electron chi connectivity index (χ4n) is 2.78. The second-order valence-corrected chi connectivity index (χ2v) is 8.10. The molecule has 0 radical (unpaired) electrons. The van der Waals surface area contributed by atoms with Gasteiger partial charge in [0, 0.05) is 17.4 Å². The number of hydrogen-bond acceptors (Lipinski definition) is 5. The summed E-state index contributed by atoms with van der Waals surface area (Å²) < 4.78 is 63.4. The van der Waals surface area contributed by atoms with E-state index in [2.05, 4.69) is 10.1 Å². The van der Waals surface area contributed by atoms with Crippen LogP contribution in [0.5, 0.6) is 0 Å². The number of carbonyl (C=O) groups excluding carboxylic acids is 1. The number of carbonyl (C=O) groups is 1. The van der Waals surface area contributed by atoms with Crippen molar-refractivity contribution in [3.8, 4) is 5.82 Å². The third-order valence-electron chi connectivity index (χ3n) is 4.12. The van der Waals surface area contributed by atoms with E-state index in [4.69, 9.17) is 22.5 Å². The van der Waals surface area contributed by atoms with Gasteiger partial charge in [0.2, 0.25) is 15.9 Å². The first-order valence-electron chi connectivity index (χ1n) is 8.08. The predicted molar refractivity (Wildman–Crippen MR) is 100 cm³/mol. The van der Waals surface area contributed by atoms with Gasteiger partial charge >= 0.3 is 6.18 Å². The van der Waals surface area contributed by atoms with Crippen LogP contribution >= 0.6 is 11.6 Å². The molecule has 1 amide bonds. The monoisotopic (exact) mass is 459 g/mol. The summed E-state index contributed by atoms with van der Waals surface area (Å²) in [4.78, 5) is 15.3. The van der Waals surface area contributed by atoms with Crippen molar-refractivity contribution >= 4 is 27.5 Å². The lowest BCUT2D eigenvalue weighted by Gasteiger charge is -2.17. The van der Waals surface area contributed by atoms with Gasteiger partial charge in [0.05, 0.1) is 17.7 Å². The number of rotatable bonds is 5. The maximum absolute atomic E-state index is 12.9. The molecule has 0 fully saturated rings. The van der Waals surface area contributed by atoms with Crippen LogP contribution in [0.4, 0.5) is 13.2 Å². The lowest BCUT2D eigenvalue weighted by atomic mass is 9.92. The molecule has 1 aromatic carbocycles. The van der Waals surface area contributed by atoms with E-state index in [0.717, 1.165) is 12.3 Å². The number of amides is 1. The molecule has 3 rings (SSSR count). The fraction of sp³-hybridized carbons (Fsp3) is 0.118. The molecule has 30 heavy (non-hydrogen) atoms. The van der Waals surface area contributed by atoms with Crippen LogP contribution in [-0.2, 0) is 21.0 Å². The van der Waals surface area contributed by atoms with E-state index in [1.807, 2.05) is 0 Å². The zero-order valence-corrected chi connectivity index (χ0v) is 16.4. The summed E-state index contributed by atoms with van der Waals surface area (Å²) in [6, 6.07) is 7.26. The van der Waals surface area contributed by atoms with E-state index in [0.29, 0.717) is 22.6 Å². The normalized spacial score (nSPS) is 13.2. The summed E-state index contributed by atoms with van der Waals surface area (Å²) in [7, 11) is -4.47. The molecule has 2 heterocycles. The van der Waals surface area contributed by atoms with Crippen LogP contribution in [0.15, 0.2) is 53.8 Å². The van der Waals surface area contributed by atoms with Gasteiger partial charge in [0.15, 0.2) is 5.82 Å². The second kappa shape index (κ2) is 7.70. The molecule has 0 spiro atoms. The Morgan fingerprint density at radius 3 is 2.40 bits per heavy atom. The van der Waals surface area contributed by atoms with Crippen molar-refractivity contribution in [3.05, 3.63) is 70.6 Å². The van der Waals surface area contributed by atoms with Crippen molar-refractivity contribution in [2.24, 2.45) is 10.9 Å². The Labute approximate surface area is 173 Å². The van der Waals surface area contributed by atoms with E-state index < -0.39 is 44.3 Å². The summed E-state index contributed by atoms with van der Waals surface area (Å²) in [6.07, 6.45) is -2.52. The van der Waals surface area contributed by atoms with Crippen LogP contribution in [0, 0.1) is 0 Å². The van der Waals surface area contributed by atoms with Gasteiger partial charge in [0.1, 0.15) is 4.90 Å². The smallest absolute Gasteiger partial charge is 0.369 e. The molecular weight excluding hydrogens is 447 g/mol. The number of primary amides is 1. The number of halogens is 4. The molecule has 13 heteroatoms. The summed E-state index contributed by atoms with van der Waals surface area (Å²) in [5, 5.41) is 8.94. The fourth-order valence-corrected chi connectivity index (χ4v) is 3.73. The SMILES string of the molecule is NC(=O)C(c1cnc(-n2cc(C(F)(F)F)cn2)c(S(N)(=O)=O)c1)c1ccccc1Cl. The van der Waals surface area contributed by atoms with E-state index in [9.17, 15) is 26.4 Å². The minimum atomic E-state index is -4.69. The molecule has 0 aliphatic carbocycles. The van der Waals surface area contributed by atoms with E-state index in [-0.39, 0.29) is 10.6 Å². The Morgan fingerprint density at radius 1 is 1.20 bits per heavy atom. The predicted octanol–water partition coefficient (Wildman–Crippen LogP) is 2.20. The average molecular weight is 460 g/mol. The van der Waals surface area contributed by atoms with Crippen LogP contribution in [0.25, 0.3) is 5.82 Å². The van der Waals surface area contributed by atoms with Crippen molar-refractivity contribution in [2.45, 2.75) is 17.0 Å². The Kier molecular flexibility index (Phi) is 5.58. The first-order valence-corrected chi connectivity index (χ1v) is 10.0. The van der Waals surface area contributed by atoms with Crippen LogP contribution in [-0.4, -0.2) is 29.1 Å². The van der Waals surface area contributed by atoms with Crippen molar-refractivity contribution in [1.82, 2.24) is 14.8 Å². The molecule has 4 N–H and O–H groups in total. The first kappa shape index (κ1) is 21.7. The van der Waals surface area contributed by atoms with Gasteiger partial charge in [-0.15, -0.1) is 0 Å². The van der Waals surface area contributed by atoms with Crippen molar-refractivity contribution in [1.29, 1.82) is 0 Å². The lowest BCUT2D eigenvalue weighted by Crippen LogP contribution is -2.24. The summed E-state index contributed by atoms with van der Waals surface area (Å²) in [5.74, 6) is -2.50. The topological polar surface area (TPSA) is 134 Å². The first-order chi connectivity index (χ1) is 13.9. The quantitative estimate of drug-likeness (QED) is 0.603. The molecule has 0 saturated heterocycles. The molecule has 1 atom stereocenters. The molecule has 1 unspecified atom stereocenters. The zero-order valence-electron chi connectivity index (χ0n) is 14.8. The third-order valence-corrected chi connectivity index (χ3v) is 5.38. The maximum atomic E-state index is 12.9. The molecule has 3 aromatic rings. The van der Waals surface area contributed by atoms with E-state index in [1.165, 1.54) is 12.1 Å². The molecule has 2 aromatic heterocycles. The summed E-state index contributed by atoms with van der Waals surface area (Å²) in [6.45, 7) is 0. The van der Waals surface area contributed by atoms with Crippen molar-refractivity contribution in [2.75, 3.05) is 0 Å². The molecule has 0 aliphatic rings. The van der Waals surface area contributed by atoms with Crippen LogP contribution in [0.3, 0.4) is 0 Å². The number of primary sulfonamides is 1. The van der Waals surface area contributed by atoms with Gasteiger partial charge in [-0.2, -0.15) is 18.3 Å². The lowest BCUT2D eigenvalue weighted by molar-refractivity contribution is -0.137. The van der Waals surface area contributed by atoms with Crippen LogP contribution in [0.2, 0.25) is 5.02 Å². The molecule has 158 valence electrons. The minimum Gasteiger partial charge on any atom is -0.369 e. The Balaban J connectivity index is 2.19. The zero-order chi connectivity index (χ0) is 22.3. The molecule has 8 nitrogen and oxygen atoms in total. The van der Waals surface area contributed by atoms with Gasteiger partial charge in [-0.1, -0.05) is 29.8 Å². The Hall–Kier alpha value is -2.96. The highest BCUT2D eigenvalue weighted by molar-refractivity contribution is 7.89. The highest BCUT2D eigenvalue weighted by Gasteiger charge is 2.33. The highest BCUT2D eigenvalue weighted by Crippen LogP contribution is 2.33. The van der Waals surface area contributed by atoms with Crippen molar-refractivity contribution < 1.29 is 26.4 Å². The Bertz CT molecular complexity index is 1230. The van der Waals surface area contributed by atoms with Gasteiger partial charge in [-0.25, -0.2) is 23.2 Å². The average Bonchev–Trinajstić information content (AvgIpc) is 3.13. The summed E-state index contributed by atoms with van der Waals surface area (Å²) in [5.41, 5.74) is 4.69.